The van der Waals surface area contributed by atoms with E-state index in [1.54, 1.807) is 7.11 Å². The van der Waals surface area contributed by atoms with Gasteiger partial charge in [-0.3, -0.25) is 0 Å². The van der Waals surface area contributed by atoms with Crippen molar-refractivity contribution in [1.82, 2.24) is 5.32 Å². The lowest BCUT2D eigenvalue weighted by molar-refractivity contribution is 0.415. The number of halogens is 1. The Balaban J connectivity index is 2.75. The standard InChI is InChI=1S/C15H22ClNO/c1-4-8-17-11-12(5-2)9-13-6-7-15(18-3)14(16)10-13/h6-7,9-10,17H,4-5,8,11H2,1-3H3. The smallest absolute Gasteiger partial charge is 0.137 e. The number of hydrogen-bond donors (Lipinski definition) is 1. The first kappa shape index (κ1) is 15.1. The Morgan fingerprint density at radius 3 is 2.72 bits per heavy atom. The first-order valence-corrected chi connectivity index (χ1v) is 6.82. The average Bonchev–Trinajstić information content (AvgIpc) is 2.38. The molecule has 0 heterocycles. The number of hydrogen-bond acceptors (Lipinski definition) is 2. The van der Waals surface area contributed by atoms with Gasteiger partial charge in [0.1, 0.15) is 5.75 Å². The molecule has 0 unspecified atom stereocenters. The normalized spacial score (nSPS) is 11.7. The van der Waals surface area contributed by atoms with Gasteiger partial charge >= 0.3 is 0 Å². The van der Waals surface area contributed by atoms with Crippen molar-refractivity contribution in [3.05, 3.63) is 34.4 Å². The molecule has 1 N–H and O–H groups in total. The van der Waals surface area contributed by atoms with Crippen LogP contribution in [0.2, 0.25) is 5.02 Å². The monoisotopic (exact) mass is 267 g/mol. The molecule has 1 aromatic rings. The van der Waals surface area contributed by atoms with Gasteiger partial charge in [0, 0.05) is 6.54 Å². The van der Waals surface area contributed by atoms with Gasteiger partial charge in [-0.25, -0.2) is 0 Å². The van der Waals surface area contributed by atoms with Crippen LogP contribution in [0, 0.1) is 0 Å². The summed E-state index contributed by atoms with van der Waals surface area (Å²) in [4.78, 5) is 0. The van der Waals surface area contributed by atoms with E-state index in [-0.39, 0.29) is 0 Å². The third-order valence-electron chi connectivity index (χ3n) is 2.78. The van der Waals surface area contributed by atoms with Gasteiger partial charge in [-0.05, 0) is 37.1 Å². The molecule has 3 heteroatoms. The lowest BCUT2D eigenvalue weighted by Crippen LogP contribution is -2.17. The molecule has 0 saturated heterocycles. The highest BCUT2D eigenvalue weighted by Crippen LogP contribution is 2.26. The van der Waals surface area contributed by atoms with Crippen LogP contribution in [-0.2, 0) is 0 Å². The number of methoxy groups -OCH3 is 1. The van der Waals surface area contributed by atoms with E-state index < -0.39 is 0 Å². The number of rotatable bonds is 7. The molecule has 0 fully saturated rings. The molecule has 0 saturated carbocycles. The molecule has 0 aliphatic carbocycles. The van der Waals surface area contributed by atoms with Gasteiger partial charge in [0.15, 0.2) is 0 Å². The van der Waals surface area contributed by atoms with Gasteiger partial charge in [0.2, 0.25) is 0 Å². The van der Waals surface area contributed by atoms with Crippen molar-refractivity contribution in [2.24, 2.45) is 0 Å². The number of ether oxygens (including phenoxy) is 1. The summed E-state index contributed by atoms with van der Waals surface area (Å²) in [6, 6.07) is 5.87. The Morgan fingerprint density at radius 1 is 1.39 bits per heavy atom. The van der Waals surface area contributed by atoms with Crippen LogP contribution >= 0.6 is 11.6 Å². The highest BCUT2D eigenvalue weighted by Gasteiger charge is 2.01. The molecule has 2 nitrogen and oxygen atoms in total. The second-order valence-electron chi connectivity index (χ2n) is 4.23. The summed E-state index contributed by atoms with van der Waals surface area (Å²) in [5, 5.41) is 4.07. The second-order valence-corrected chi connectivity index (χ2v) is 4.63. The summed E-state index contributed by atoms with van der Waals surface area (Å²) in [6.07, 6.45) is 4.39. The Kier molecular flexibility index (Phi) is 6.84. The van der Waals surface area contributed by atoms with Crippen LogP contribution in [0.1, 0.15) is 32.3 Å². The van der Waals surface area contributed by atoms with E-state index >= 15 is 0 Å². The molecule has 0 aliphatic heterocycles. The van der Waals surface area contributed by atoms with Crippen LogP contribution in [0.25, 0.3) is 6.08 Å². The van der Waals surface area contributed by atoms with E-state index in [4.69, 9.17) is 16.3 Å². The van der Waals surface area contributed by atoms with E-state index in [0.29, 0.717) is 5.02 Å². The van der Waals surface area contributed by atoms with E-state index in [9.17, 15) is 0 Å². The zero-order chi connectivity index (χ0) is 13.4. The highest BCUT2D eigenvalue weighted by atomic mass is 35.5. The molecular weight excluding hydrogens is 246 g/mol. The summed E-state index contributed by atoms with van der Waals surface area (Å²) in [7, 11) is 1.63. The maximum Gasteiger partial charge on any atom is 0.137 e. The molecule has 100 valence electrons. The molecule has 1 aromatic carbocycles. The average molecular weight is 268 g/mol. The summed E-state index contributed by atoms with van der Waals surface area (Å²) in [6.45, 7) is 6.34. The fourth-order valence-electron chi connectivity index (χ4n) is 1.71. The first-order chi connectivity index (χ1) is 8.71. The molecule has 0 amide bonds. The molecule has 1 rings (SSSR count). The van der Waals surface area contributed by atoms with Crippen molar-refractivity contribution >= 4 is 17.7 Å². The maximum absolute atomic E-state index is 6.11. The lowest BCUT2D eigenvalue weighted by atomic mass is 10.1. The van der Waals surface area contributed by atoms with Crippen LogP contribution < -0.4 is 10.1 Å². The Hall–Kier alpha value is -0.990. The fraction of sp³-hybridized carbons (Fsp3) is 0.467. The second kappa shape index (κ2) is 8.17. The van der Waals surface area contributed by atoms with Gasteiger partial charge in [0.25, 0.3) is 0 Å². The van der Waals surface area contributed by atoms with Crippen molar-refractivity contribution in [2.75, 3.05) is 20.2 Å². The van der Waals surface area contributed by atoms with Crippen molar-refractivity contribution in [3.8, 4) is 5.75 Å². The van der Waals surface area contributed by atoms with Gasteiger partial charge in [-0.2, -0.15) is 0 Å². The summed E-state index contributed by atoms with van der Waals surface area (Å²) in [5.74, 6) is 0.718. The van der Waals surface area contributed by atoms with Crippen LogP contribution in [0.3, 0.4) is 0 Å². The van der Waals surface area contributed by atoms with Crippen LogP contribution in [-0.4, -0.2) is 20.2 Å². The van der Waals surface area contributed by atoms with Crippen LogP contribution in [0.4, 0.5) is 0 Å². The van der Waals surface area contributed by atoms with Crippen molar-refractivity contribution in [2.45, 2.75) is 26.7 Å². The molecule has 18 heavy (non-hydrogen) atoms. The molecule has 0 atom stereocenters. The largest absolute Gasteiger partial charge is 0.495 e. The van der Waals surface area contributed by atoms with E-state index in [0.717, 1.165) is 37.2 Å². The Labute approximate surface area is 115 Å². The van der Waals surface area contributed by atoms with Gasteiger partial charge in [0.05, 0.1) is 12.1 Å². The topological polar surface area (TPSA) is 21.3 Å². The van der Waals surface area contributed by atoms with Gasteiger partial charge in [-0.15, -0.1) is 0 Å². The SMILES string of the molecule is CCCNCC(=Cc1ccc(OC)c(Cl)c1)CC. The van der Waals surface area contributed by atoms with E-state index in [1.165, 1.54) is 5.57 Å². The number of benzene rings is 1. The minimum atomic E-state index is 0.656. The van der Waals surface area contributed by atoms with Crippen LogP contribution in [0.15, 0.2) is 23.8 Å². The fourth-order valence-corrected chi connectivity index (χ4v) is 1.98. The van der Waals surface area contributed by atoms with Crippen molar-refractivity contribution < 1.29 is 4.74 Å². The zero-order valence-corrected chi connectivity index (χ0v) is 12.2. The molecule has 0 radical (unpaired) electrons. The Morgan fingerprint density at radius 2 is 2.17 bits per heavy atom. The predicted octanol–water partition coefficient (Wildman–Crippen LogP) is 4.14. The summed E-state index contributed by atoms with van der Waals surface area (Å²) in [5.41, 5.74) is 2.50. The van der Waals surface area contributed by atoms with E-state index in [1.807, 2.05) is 18.2 Å². The predicted molar refractivity (Wildman–Crippen MR) is 79.4 cm³/mol. The molecule has 0 spiro atoms. The quantitative estimate of drug-likeness (QED) is 0.750. The first-order valence-electron chi connectivity index (χ1n) is 6.45. The van der Waals surface area contributed by atoms with Gasteiger partial charge < -0.3 is 10.1 Å². The van der Waals surface area contributed by atoms with Crippen molar-refractivity contribution in [1.29, 1.82) is 0 Å². The number of nitrogens with one attached hydrogen (secondary N) is 1. The van der Waals surface area contributed by atoms with E-state index in [2.05, 4.69) is 25.2 Å². The van der Waals surface area contributed by atoms with Crippen molar-refractivity contribution in [3.63, 3.8) is 0 Å². The van der Waals surface area contributed by atoms with Crippen LogP contribution in [0.5, 0.6) is 5.75 Å². The molecule has 0 aliphatic rings. The summed E-state index contributed by atoms with van der Waals surface area (Å²) >= 11 is 6.11. The minimum absolute atomic E-state index is 0.656. The molecular formula is C15H22ClNO. The highest BCUT2D eigenvalue weighted by molar-refractivity contribution is 6.32. The maximum atomic E-state index is 6.11. The minimum Gasteiger partial charge on any atom is -0.495 e. The van der Waals surface area contributed by atoms with Gasteiger partial charge in [-0.1, -0.05) is 43.2 Å². The third kappa shape index (κ3) is 4.71. The molecule has 0 aromatic heterocycles. The molecule has 0 bridgehead atoms. The summed E-state index contributed by atoms with van der Waals surface area (Å²) < 4.78 is 5.15. The Bertz CT molecular complexity index is 401. The lowest BCUT2D eigenvalue weighted by Gasteiger charge is -2.08. The zero-order valence-electron chi connectivity index (χ0n) is 11.4. The third-order valence-corrected chi connectivity index (χ3v) is 3.07.